The second kappa shape index (κ2) is 6.51. The number of hydroxylamine groups is 2. The maximum Gasteiger partial charge on any atom is 0.292 e. The zero-order valence-corrected chi connectivity index (χ0v) is 11.3. The summed E-state index contributed by atoms with van der Waals surface area (Å²) in [4.78, 5) is 18.1. The number of aliphatic imine (C=N–C) groups is 1. The lowest BCUT2D eigenvalue weighted by Crippen LogP contribution is -2.35. The van der Waals surface area contributed by atoms with Crippen molar-refractivity contribution in [3.8, 4) is 0 Å². The van der Waals surface area contributed by atoms with Gasteiger partial charge in [-0.25, -0.2) is 5.06 Å². The van der Waals surface area contributed by atoms with Crippen molar-refractivity contribution in [3.63, 3.8) is 0 Å². The molecule has 1 amide bonds. The summed E-state index contributed by atoms with van der Waals surface area (Å²) in [6.07, 6.45) is 2.55. The summed E-state index contributed by atoms with van der Waals surface area (Å²) < 4.78 is 0. The van der Waals surface area contributed by atoms with Gasteiger partial charge in [-0.1, -0.05) is 0 Å². The molecule has 6 nitrogen and oxygen atoms in total. The van der Waals surface area contributed by atoms with Crippen LogP contribution in [-0.4, -0.2) is 59.5 Å². The van der Waals surface area contributed by atoms with Crippen LogP contribution in [0.3, 0.4) is 0 Å². The molecule has 0 aliphatic carbocycles. The van der Waals surface area contributed by atoms with Crippen LogP contribution in [0, 0.1) is 0 Å². The van der Waals surface area contributed by atoms with Crippen molar-refractivity contribution in [2.75, 3.05) is 26.7 Å². The highest BCUT2D eigenvalue weighted by molar-refractivity contribution is 6.04. The molecule has 102 valence electrons. The minimum atomic E-state index is -0.613. The zero-order chi connectivity index (χ0) is 13.7. The largest absolute Gasteiger partial charge is 0.394 e. The van der Waals surface area contributed by atoms with Crippen molar-refractivity contribution in [1.29, 1.82) is 0 Å². The topological polar surface area (TPSA) is 82.2 Å². The molecule has 0 aromatic heterocycles. The van der Waals surface area contributed by atoms with Gasteiger partial charge in [0.1, 0.15) is 5.70 Å². The highest BCUT2D eigenvalue weighted by Gasteiger charge is 2.16. The van der Waals surface area contributed by atoms with Crippen LogP contribution in [0.1, 0.15) is 20.3 Å². The summed E-state index contributed by atoms with van der Waals surface area (Å²) in [5, 5.41) is 9.50. The predicted octanol–water partition coefficient (Wildman–Crippen LogP) is 0.232. The van der Waals surface area contributed by atoms with Crippen LogP contribution in [0.5, 0.6) is 0 Å². The minimum Gasteiger partial charge on any atom is -0.394 e. The molecule has 1 heterocycles. The zero-order valence-electron chi connectivity index (χ0n) is 11.3. The van der Waals surface area contributed by atoms with Crippen LogP contribution < -0.4 is 5.73 Å². The molecule has 0 saturated heterocycles. The fourth-order valence-corrected chi connectivity index (χ4v) is 1.79. The van der Waals surface area contributed by atoms with E-state index >= 15 is 0 Å². The standard InChI is InChI=1S/C12H22N4O2/c1-9(2)16-6-4-5-14-10(8-16)7-11(13)12(17)15(3)18/h7,9,18H,4-6,8,13H2,1-3H3/b11-7-. The smallest absolute Gasteiger partial charge is 0.292 e. The quantitative estimate of drug-likeness (QED) is 0.429. The number of carbonyl (C=O) groups excluding carboxylic acids is 1. The molecule has 0 aromatic carbocycles. The molecule has 1 aliphatic rings. The van der Waals surface area contributed by atoms with Gasteiger partial charge in [-0.3, -0.25) is 19.9 Å². The van der Waals surface area contributed by atoms with Gasteiger partial charge < -0.3 is 5.73 Å². The third-order valence-corrected chi connectivity index (χ3v) is 2.88. The monoisotopic (exact) mass is 254 g/mol. The Kier molecular flexibility index (Phi) is 5.30. The molecular formula is C12H22N4O2. The molecule has 1 rings (SSSR count). The van der Waals surface area contributed by atoms with Crippen molar-refractivity contribution >= 4 is 11.6 Å². The Bertz CT molecular complexity index is 361. The van der Waals surface area contributed by atoms with E-state index in [1.807, 2.05) is 0 Å². The molecule has 18 heavy (non-hydrogen) atoms. The van der Waals surface area contributed by atoms with Gasteiger partial charge in [-0.15, -0.1) is 0 Å². The van der Waals surface area contributed by atoms with Crippen LogP contribution >= 0.6 is 0 Å². The van der Waals surface area contributed by atoms with Gasteiger partial charge in [0.2, 0.25) is 0 Å². The first kappa shape index (κ1) is 14.7. The summed E-state index contributed by atoms with van der Waals surface area (Å²) in [6.45, 7) is 6.67. The fraction of sp³-hybridized carbons (Fsp3) is 0.667. The third kappa shape index (κ3) is 4.12. The average Bonchev–Trinajstić information content (AvgIpc) is 2.53. The van der Waals surface area contributed by atoms with Crippen LogP contribution in [0.15, 0.2) is 16.8 Å². The second-order valence-corrected chi connectivity index (χ2v) is 4.72. The molecule has 0 aromatic rings. The van der Waals surface area contributed by atoms with E-state index in [0.29, 0.717) is 17.6 Å². The lowest BCUT2D eigenvalue weighted by Gasteiger charge is -2.24. The molecule has 3 N–H and O–H groups in total. The van der Waals surface area contributed by atoms with Gasteiger partial charge in [0, 0.05) is 32.7 Å². The molecular weight excluding hydrogens is 232 g/mol. The van der Waals surface area contributed by atoms with E-state index in [4.69, 9.17) is 10.9 Å². The molecule has 0 unspecified atom stereocenters. The van der Waals surface area contributed by atoms with Gasteiger partial charge in [-0.05, 0) is 26.3 Å². The Labute approximate surface area is 108 Å². The normalized spacial score (nSPS) is 18.5. The number of hydrogen-bond acceptors (Lipinski definition) is 5. The molecule has 1 aliphatic heterocycles. The lowest BCUT2D eigenvalue weighted by molar-refractivity contribution is -0.154. The van der Waals surface area contributed by atoms with Gasteiger partial charge in [0.25, 0.3) is 5.91 Å². The van der Waals surface area contributed by atoms with Gasteiger partial charge >= 0.3 is 0 Å². The fourth-order valence-electron chi connectivity index (χ4n) is 1.79. The Morgan fingerprint density at radius 3 is 2.83 bits per heavy atom. The number of carbonyl (C=O) groups is 1. The Balaban J connectivity index is 2.78. The number of likely N-dealkylation sites (N-methyl/N-ethyl adjacent to an activating group) is 1. The molecule has 0 radical (unpaired) electrons. The first-order chi connectivity index (χ1) is 8.41. The van der Waals surface area contributed by atoms with E-state index in [2.05, 4.69) is 23.7 Å². The summed E-state index contributed by atoms with van der Waals surface area (Å²) >= 11 is 0. The summed E-state index contributed by atoms with van der Waals surface area (Å²) in [5.74, 6) is -0.613. The first-order valence-electron chi connectivity index (χ1n) is 6.13. The summed E-state index contributed by atoms with van der Waals surface area (Å²) in [5.41, 5.74) is 6.42. The SMILES string of the molecule is CC(C)N1CCCN=C(/C=C(\N)C(=O)N(C)O)C1. The summed E-state index contributed by atoms with van der Waals surface area (Å²) in [7, 11) is 1.25. The van der Waals surface area contributed by atoms with Crippen molar-refractivity contribution in [2.45, 2.75) is 26.3 Å². The number of rotatable bonds is 3. The van der Waals surface area contributed by atoms with Gasteiger partial charge in [-0.2, -0.15) is 0 Å². The molecule has 6 heteroatoms. The van der Waals surface area contributed by atoms with Crippen LogP contribution in [0.4, 0.5) is 0 Å². The molecule has 0 spiro atoms. The van der Waals surface area contributed by atoms with Crippen molar-refractivity contribution in [3.05, 3.63) is 11.8 Å². The maximum atomic E-state index is 11.4. The number of nitrogens with zero attached hydrogens (tertiary/aromatic N) is 3. The molecule has 0 bridgehead atoms. The number of amides is 1. The minimum absolute atomic E-state index is 0.00403. The molecule has 0 saturated carbocycles. The molecule has 0 atom stereocenters. The summed E-state index contributed by atoms with van der Waals surface area (Å²) in [6, 6.07) is 0.430. The predicted molar refractivity (Wildman–Crippen MR) is 70.5 cm³/mol. The van der Waals surface area contributed by atoms with E-state index < -0.39 is 5.91 Å². The van der Waals surface area contributed by atoms with Crippen molar-refractivity contribution in [1.82, 2.24) is 9.96 Å². The Morgan fingerprint density at radius 1 is 1.61 bits per heavy atom. The van der Waals surface area contributed by atoms with E-state index in [-0.39, 0.29) is 5.70 Å². The van der Waals surface area contributed by atoms with E-state index in [9.17, 15) is 4.79 Å². The average molecular weight is 254 g/mol. The Morgan fingerprint density at radius 2 is 2.28 bits per heavy atom. The second-order valence-electron chi connectivity index (χ2n) is 4.72. The van der Waals surface area contributed by atoms with Crippen LogP contribution in [-0.2, 0) is 4.79 Å². The third-order valence-electron chi connectivity index (χ3n) is 2.88. The number of hydrogen-bond donors (Lipinski definition) is 2. The Hall–Kier alpha value is -1.40. The number of nitrogens with two attached hydrogens (primary N) is 1. The van der Waals surface area contributed by atoms with E-state index in [1.54, 1.807) is 6.08 Å². The molecule has 0 fully saturated rings. The van der Waals surface area contributed by atoms with Gasteiger partial charge in [0.05, 0.1) is 5.71 Å². The van der Waals surface area contributed by atoms with Crippen LogP contribution in [0.2, 0.25) is 0 Å². The maximum absolute atomic E-state index is 11.4. The highest BCUT2D eigenvalue weighted by atomic mass is 16.5. The first-order valence-corrected chi connectivity index (χ1v) is 6.13. The van der Waals surface area contributed by atoms with E-state index in [0.717, 1.165) is 25.2 Å². The van der Waals surface area contributed by atoms with E-state index in [1.165, 1.54) is 7.05 Å². The van der Waals surface area contributed by atoms with Crippen molar-refractivity contribution < 1.29 is 10.0 Å². The van der Waals surface area contributed by atoms with Crippen LogP contribution in [0.25, 0.3) is 0 Å². The highest BCUT2D eigenvalue weighted by Crippen LogP contribution is 2.06. The van der Waals surface area contributed by atoms with Gasteiger partial charge in [0.15, 0.2) is 0 Å². The van der Waals surface area contributed by atoms with Crippen molar-refractivity contribution in [2.24, 2.45) is 10.7 Å². The lowest BCUT2D eigenvalue weighted by atomic mass is 10.2.